The number of nitrogens with zero attached hydrogens (tertiary/aromatic N) is 2. The van der Waals surface area contributed by atoms with Crippen molar-refractivity contribution in [1.82, 2.24) is 15.1 Å². The zero-order valence-electron chi connectivity index (χ0n) is 14.5. The van der Waals surface area contributed by atoms with Crippen molar-refractivity contribution < 1.29 is 13.6 Å². The molecular weight excluding hydrogens is 324 g/mol. The molecule has 25 heavy (non-hydrogen) atoms. The Morgan fingerprint density at radius 2 is 2.04 bits per heavy atom. The van der Waals surface area contributed by atoms with E-state index >= 15 is 0 Å². The molecule has 0 bridgehead atoms. The third-order valence-corrected chi connectivity index (χ3v) is 6.19. The molecule has 1 N–H and O–H groups in total. The number of fused-ring (bicyclic) bond motifs is 3. The van der Waals surface area contributed by atoms with Crippen molar-refractivity contribution in [2.45, 2.75) is 38.3 Å². The predicted octanol–water partition coefficient (Wildman–Crippen LogP) is 3.15. The van der Waals surface area contributed by atoms with Crippen molar-refractivity contribution in [3.63, 3.8) is 0 Å². The van der Waals surface area contributed by atoms with Crippen LogP contribution in [0.3, 0.4) is 0 Å². The monoisotopic (exact) mass is 349 g/mol. The van der Waals surface area contributed by atoms with Gasteiger partial charge in [-0.3, -0.25) is 4.90 Å². The molecule has 2 amide bonds. The van der Waals surface area contributed by atoms with Gasteiger partial charge in [0.2, 0.25) is 0 Å². The quantitative estimate of drug-likeness (QED) is 0.890. The number of piperidine rings is 1. The number of benzene rings is 1. The summed E-state index contributed by atoms with van der Waals surface area (Å²) < 4.78 is 26.5. The zero-order chi connectivity index (χ0) is 17.6. The summed E-state index contributed by atoms with van der Waals surface area (Å²) in [6.07, 6.45) is 3.84. The van der Waals surface area contributed by atoms with Gasteiger partial charge in [0.25, 0.3) is 0 Å². The fourth-order valence-electron chi connectivity index (χ4n) is 4.86. The second-order valence-electron chi connectivity index (χ2n) is 7.73. The highest BCUT2D eigenvalue weighted by molar-refractivity contribution is 5.75. The first-order chi connectivity index (χ1) is 12.0. The van der Waals surface area contributed by atoms with E-state index in [1.54, 1.807) is 6.92 Å². The van der Waals surface area contributed by atoms with Crippen molar-refractivity contribution in [3.05, 3.63) is 35.4 Å². The molecule has 0 aliphatic carbocycles. The summed E-state index contributed by atoms with van der Waals surface area (Å²) in [7, 11) is 0. The third-order valence-electron chi connectivity index (χ3n) is 6.19. The lowest BCUT2D eigenvalue weighted by Crippen LogP contribution is -2.44. The second kappa shape index (κ2) is 6.56. The minimum atomic E-state index is -0.883. The molecule has 0 saturated carbocycles. The lowest BCUT2D eigenvalue weighted by Gasteiger charge is -2.33. The number of hydrogen-bond donors (Lipinski definition) is 1. The number of hydrogen-bond acceptors (Lipinski definition) is 2. The predicted molar refractivity (Wildman–Crippen MR) is 91.1 cm³/mol. The second-order valence-corrected chi connectivity index (χ2v) is 7.73. The maximum absolute atomic E-state index is 13.4. The lowest BCUT2D eigenvalue weighted by molar-refractivity contribution is 0.153. The van der Waals surface area contributed by atoms with Crippen molar-refractivity contribution in [2.24, 2.45) is 11.8 Å². The number of carbonyl (C=O) groups is 1. The Kier molecular flexibility index (Phi) is 4.40. The Morgan fingerprint density at radius 3 is 2.84 bits per heavy atom. The van der Waals surface area contributed by atoms with Gasteiger partial charge in [0.1, 0.15) is 0 Å². The molecule has 0 aromatic heterocycles. The highest BCUT2D eigenvalue weighted by Gasteiger charge is 2.48. The molecule has 3 aliphatic rings. The normalized spacial score (nSPS) is 30.0. The van der Waals surface area contributed by atoms with E-state index in [-0.39, 0.29) is 12.1 Å². The van der Waals surface area contributed by atoms with Crippen molar-refractivity contribution in [2.75, 3.05) is 26.2 Å². The van der Waals surface area contributed by atoms with Gasteiger partial charge in [-0.05, 0) is 55.8 Å². The average Bonchev–Trinajstić information content (AvgIpc) is 3.15. The largest absolute Gasteiger partial charge is 0.331 e. The maximum atomic E-state index is 13.4. The molecule has 4 nitrogen and oxygen atoms in total. The Hall–Kier alpha value is -1.69. The van der Waals surface area contributed by atoms with Gasteiger partial charge in [-0.25, -0.2) is 13.6 Å². The van der Waals surface area contributed by atoms with Crippen LogP contribution in [0.2, 0.25) is 0 Å². The number of amides is 2. The van der Waals surface area contributed by atoms with Gasteiger partial charge in [-0.1, -0.05) is 12.5 Å². The Bertz CT molecular complexity index is 668. The molecule has 6 heteroatoms. The summed E-state index contributed by atoms with van der Waals surface area (Å²) in [6.45, 7) is 5.72. The van der Waals surface area contributed by atoms with Gasteiger partial charge in [0.15, 0.2) is 11.6 Å². The van der Waals surface area contributed by atoms with E-state index < -0.39 is 11.6 Å². The fraction of sp³-hybridized carbons (Fsp3) is 0.632. The van der Waals surface area contributed by atoms with E-state index in [1.807, 2.05) is 4.90 Å². The van der Waals surface area contributed by atoms with Gasteiger partial charge in [0.05, 0.1) is 6.04 Å². The summed E-state index contributed by atoms with van der Waals surface area (Å²) in [5, 5.41) is 2.93. The molecule has 3 heterocycles. The summed E-state index contributed by atoms with van der Waals surface area (Å²) in [5.74, 6) is -0.588. The molecule has 3 saturated heterocycles. The van der Waals surface area contributed by atoms with Crippen LogP contribution in [0.25, 0.3) is 0 Å². The molecule has 0 unspecified atom stereocenters. The van der Waals surface area contributed by atoms with Gasteiger partial charge >= 0.3 is 6.03 Å². The van der Waals surface area contributed by atoms with Crippen molar-refractivity contribution in [1.29, 1.82) is 0 Å². The first-order valence-corrected chi connectivity index (χ1v) is 9.27. The summed E-state index contributed by atoms with van der Waals surface area (Å²) >= 11 is 0. The third kappa shape index (κ3) is 3.12. The lowest BCUT2D eigenvalue weighted by atomic mass is 9.90. The van der Waals surface area contributed by atoms with Crippen LogP contribution in [0.4, 0.5) is 13.6 Å². The van der Waals surface area contributed by atoms with E-state index in [4.69, 9.17) is 0 Å². The van der Waals surface area contributed by atoms with Gasteiger partial charge < -0.3 is 10.2 Å². The van der Waals surface area contributed by atoms with Crippen molar-refractivity contribution in [3.8, 4) is 0 Å². The van der Waals surface area contributed by atoms with Gasteiger partial charge in [-0.15, -0.1) is 0 Å². The van der Waals surface area contributed by atoms with Crippen LogP contribution in [0.1, 0.15) is 37.8 Å². The van der Waals surface area contributed by atoms with Crippen LogP contribution in [-0.4, -0.2) is 48.1 Å². The zero-order valence-corrected chi connectivity index (χ0v) is 14.5. The molecule has 4 rings (SSSR count). The van der Waals surface area contributed by atoms with Crippen LogP contribution >= 0.6 is 0 Å². The number of nitrogens with one attached hydrogen (secondary N) is 1. The first kappa shape index (κ1) is 16.8. The van der Waals surface area contributed by atoms with E-state index in [0.717, 1.165) is 31.8 Å². The van der Waals surface area contributed by atoms with Gasteiger partial charge in [0, 0.05) is 25.7 Å². The minimum Gasteiger partial charge on any atom is -0.331 e. The van der Waals surface area contributed by atoms with Crippen LogP contribution in [0.15, 0.2) is 18.2 Å². The standard InChI is InChI=1S/C19H25F2N3O/c1-12(13-5-6-16(20)17(21)8-13)22-19(25)24-10-14-9-23-7-3-2-4-18(23)15(14)11-24/h5-6,8,12,14-15,18H,2-4,7,9-11H2,1H3,(H,22,25)/t12-,14-,15+,18+/m0/s1. The first-order valence-electron chi connectivity index (χ1n) is 9.27. The fourth-order valence-corrected chi connectivity index (χ4v) is 4.86. The number of urea groups is 1. The SMILES string of the molecule is C[C@H](NC(=O)N1C[C@@H]2CN3CCCC[C@@H]3[C@@H]2C1)c1ccc(F)c(F)c1. The summed E-state index contributed by atoms with van der Waals surface area (Å²) in [6, 6.07) is 3.95. The summed E-state index contributed by atoms with van der Waals surface area (Å²) in [5.41, 5.74) is 0.574. The van der Waals surface area contributed by atoms with E-state index in [2.05, 4.69) is 10.2 Å². The van der Waals surface area contributed by atoms with Gasteiger partial charge in [-0.2, -0.15) is 0 Å². The average molecular weight is 349 g/mol. The highest BCUT2D eigenvalue weighted by Crippen LogP contribution is 2.40. The van der Waals surface area contributed by atoms with Crippen LogP contribution in [0.5, 0.6) is 0 Å². The molecule has 0 spiro atoms. The highest BCUT2D eigenvalue weighted by atomic mass is 19.2. The molecule has 4 atom stereocenters. The smallest absolute Gasteiger partial charge is 0.317 e. The molecule has 1 aromatic carbocycles. The topological polar surface area (TPSA) is 35.6 Å². The Labute approximate surface area is 147 Å². The molecule has 1 aromatic rings. The molecule has 136 valence electrons. The Morgan fingerprint density at radius 1 is 1.20 bits per heavy atom. The van der Waals surface area contributed by atoms with E-state index in [1.165, 1.54) is 31.9 Å². The molecule has 3 aliphatic heterocycles. The van der Waals surface area contributed by atoms with Crippen LogP contribution in [0, 0.1) is 23.5 Å². The van der Waals surface area contributed by atoms with E-state index in [9.17, 15) is 13.6 Å². The van der Waals surface area contributed by atoms with Crippen molar-refractivity contribution >= 4 is 6.03 Å². The van der Waals surface area contributed by atoms with Crippen LogP contribution in [-0.2, 0) is 0 Å². The number of carbonyl (C=O) groups excluding carboxylic acids is 1. The maximum Gasteiger partial charge on any atom is 0.317 e. The molecule has 0 radical (unpaired) electrons. The molecule has 3 fully saturated rings. The molecular formula is C19H25F2N3O. The van der Waals surface area contributed by atoms with Crippen LogP contribution < -0.4 is 5.32 Å². The Balaban J connectivity index is 1.37. The van der Waals surface area contributed by atoms with E-state index in [0.29, 0.717) is 23.4 Å². The number of likely N-dealkylation sites (tertiary alicyclic amines) is 1. The number of rotatable bonds is 2. The summed E-state index contributed by atoms with van der Waals surface area (Å²) in [4.78, 5) is 17.1. The number of halogens is 2. The minimum absolute atomic E-state index is 0.103.